The fourth-order valence-electron chi connectivity index (χ4n) is 2.37. The number of benzene rings is 2. The summed E-state index contributed by atoms with van der Waals surface area (Å²) >= 11 is 0. The fourth-order valence-corrected chi connectivity index (χ4v) is 2.37. The molecule has 0 spiro atoms. The number of hydrogen-bond acceptors (Lipinski definition) is 3. The molecule has 1 heterocycles. The van der Waals surface area contributed by atoms with E-state index in [1.165, 1.54) is 24.5 Å². The SMILES string of the molecule is O=C(NCc1ccco1)/C(=C/c1ccccc1F)NC(=O)c1ccccc1. The largest absolute Gasteiger partial charge is 0.467 e. The number of furan rings is 1. The van der Waals surface area contributed by atoms with Crippen molar-refractivity contribution in [2.45, 2.75) is 6.54 Å². The Hall–Kier alpha value is -3.67. The first-order valence-electron chi connectivity index (χ1n) is 8.26. The standard InChI is InChI=1S/C21H17FN2O3/c22-18-11-5-4-9-16(18)13-19(21(26)23-14-17-10-6-12-27-17)24-20(25)15-7-2-1-3-8-15/h1-13H,14H2,(H,23,26)(H,24,25)/b19-13-. The zero-order valence-corrected chi connectivity index (χ0v) is 14.3. The molecule has 2 amide bonds. The van der Waals surface area contributed by atoms with E-state index in [1.807, 2.05) is 0 Å². The maximum Gasteiger partial charge on any atom is 0.268 e. The summed E-state index contributed by atoms with van der Waals surface area (Å²) in [5, 5.41) is 5.20. The van der Waals surface area contributed by atoms with Crippen LogP contribution in [0, 0.1) is 5.82 Å². The minimum absolute atomic E-state index is 0.0690. The Morgan fingerprint density at radius 2 is 1.70 bits per heavy atom. The van der Waals surface area contributed by atoms with Crippen LogP contribution < -0.4 is 10.6 Å². The Labute approximate surface area is 155 Å². The molecule has 2 aromatic carbocycles. The Bertz CT molecular complexity index is 951. The third-order valence-corrected chi connectivity index (χ3v) is 3.74. The smallest absolute Gasteiger partial charge is 0.268 e. The first-order valence-corrected chi connectivity index (χ1v) is 8.26. The summed E-state index contributed by atoms with van der Waals surface area (Å²) in [5.74, 6) is -0.962. The van der Waals surface area contributed by atoms with Crippen molar-refractivity contribution >= 4 is 17.9 Å². The zero-order chi connectivity index (χ0) is 19.1. The molecule has 0 bridgehead atoms. The van der Waals surface area contributed by atoms with Crippen LogP contribution in [0.25, 0.3) is 6.08 Å². The first kappa shape index (κ1) is 18.1. The summed E-state index contributed by atoms with van der Waals surface area (Å²) in [6.07, 6.45) is 2.79. The highest BCUT2D eigenvalue weighted by Gasteiger charge is 2.15. The molecule has 0 aliphatic carbocycles. The van der Waals surface area contributed by atoms with Crippen LogP contribution in [-0.2, 0) is 11.3 Å². The molecular weight excluding hydrogens is 347 g/mol. The lowest BCUT2D eigenvalue weighted by Gasteiger charge is -2.11. The topological polar surface area (TPSA) is 71.3 Å². The summed E-state index contributed by atoms with van der Waals surface area (Å²) in [4.78, 5) is 25.0. The number of carbonyl (C=O) groups is 2. The van der Waals surface area contributed by atoms with Crippen molar-refractivity contribution in [1.82, 2.24) is 10.6 Å². The number of nitrogens with one attached hydrogen (secondary N) is 2. The molecule has 3 aromatic rings. The first-order chi connectivity index (χ1) is 13.1. The van der Waals surface area contributed by atoms with Crippen LogP contribution >= 0.6 is 0 Å². The molecule has 6 heteroatoms. The Morgan fingerprint density at radius 3 is 2.41 bits per heavy atom. The van der Waals surface area contributed by atoms with E-state index in [4.69, 9.17) is 4.42 Å². The monoisotopic (exact) mass is 364 g/mol. The van der Waals surface area contributed by atoms with Gasteiger partial charge in [-0.3, -0.25) is 9.59 Å². The second-order valence-electron chi connectivity index (χ2n) is 5.66. The number of amides is 2. The maximum atomic E-state index is 14.0. The van der Waals surface area contributed by atoms with E-state index < -0.39 is 17.6 Å². The van der Waals surface area contributed by atoms with Crippen molar-refractivity contribution in [1.29, 1.82) is 0 Å². The highest BCUT2D eigenvalue weighted by Crippen LogP contribution is 2.12. The van der Waals surface area contributed by atoms with Crippen LogP contribution in [0.5, 0.6) is 0 Å². The van der Waals surface area contributed by atoms with Crippen LogP contribution in [0.1, 0.15) is 21.7 Å². The van der Waals surface area contributed by atoms with Gasteiger partial charge in [0, 0.05) is 11.1 Å². The van der Waals surface area contributed by atoms with Gasteiger partial charge in [-0.25, -0.2) is 4.39 Å². The van der Waals surface area contributed by atoms with E-state index >= 15 is 0 Å². The number of hydrogen-bond donors (Lipinski definition) is 2. The molecule has 0 radical (unpaired) electrons. The van der Waals surface area contributed by atoms with E-state index in [9.17, 15) is 14.0 Å². The predicted molar refractivity (Wildman–Crippen MR) is 98.8 cm³/mol. The van der Waals surface area contributed by atoms with Gasteiger partial charge >= 0.3 is 0 Å². The molecule has 1 aromatic heterocycles. The number of rotatable bonds is 6. The van der Waals surface area contributed by atoms with Crippen LogP contribution in [0.4, 0.5) is 4.39 Å². The van der Waals surface area contributed by atoms with Gasteiger partial charge in [0.1, 0.15) is 17.3 Å². The summed E-state index contributed by atoms with van der Waals surface area (Å²) in [6, 6.07) is 17.9. The van der Waals surface area contributed by atoms with Crippen LogP contribution in [-0.4, -0.2) is 11.8 Å². The lowest BCUT2D eigenvalue weighted by Crippen LogP contribution is -2.34. The van der Waals surface area contributed by atoms with Gasteiger partial charge in [-0.15, -0.1) is 0 Å². The molecule has 0 saturated carbocycles. The molecule has 0 aliphatic heterocycles. The molecule has 2 N–H and O–H groups in total. The quantitative estimate of drug-likeness (QED) is 0.658. The van der Waals surface area contributed by atoms with Gasteiger partial charge in [0.2, 0.25) is 0 Å². The summed E-state index contributed by atoms with van der Waals surface area (Å²) in [7, 11) is 0. The molecular formula is C21H17FN2O3. The number of halogens is 1. The third kappa shape index (κ3) is 4.92. The molecule has 0 fully saturated rings. The molecule has 0 aliphatic rings. The minimum atomic E-state index is -0.557. The van der Waals surface area contributed by atoms with Crippen LogP contribution in [0.15, 0.2) is 83.1 Å². The van der Waals surface area contributed by atoms with Gasteiger partial charge in [-0.1, -0.05) is 36.4 Å². The van der Waals surface area contributed by atoms with Crippen molar-refractivity contribution in [3.05, 3.63) is 101 Å². The van der Waals surface area contributed by atoms with Gasteiger partial charge in [-0.2, -0.15) is 0 Å². The molecule has 0 saturated heterocycles. The minimum Gasteiger partial charge on any atom is -0.467 e. The lowest BCUT2D eigenvalue weighted by atomic mass is 10.1. The van der Waals surface area contributed by atoms with Crippen LogP contribution in [0.3, 0.4) is 0 Å². The maximum absolute atomic E-state index is 14.0. The van der Waals surface area contributed by atoms with Crippen LogP contribution in [0.2, 0.25) is 0 Å². The normalized spacial score (nSPS) is 11.1. The summed E-state index contributed by atoms with van der Waals surface area (Å²) in [5.41, 5.74) is 0.505. The van der Waals surface area contributed by atoms with E-state index in [0.717, 1.165) is 0 Å². The average Bonchev–Trinajstić information content (AvgIpc) is 3.21. The third-order valence-electron chi connectivity index (χ3n) is 3.74. The van der Waals surface area contributed by atoms with Gasteiger partial charge in [0.25, 0.3) is 11.8 Å². The Kier molecular flexibility index (Phi) is 5.79. The van der Waals surface area contributed by atoms with Gasteiger partial charge in [0.05, 0.1) is 12.8 Å². The van der Waals surface area contributed by atoms with E-state index in [0.29, 0.717) is 11.3 Å². The molecule has 0 unspecified atom stereocenters. The van der Waals surface area contributed by atoms with Crippen molar-refractivity contribution < 1.29 is 18.4 Å². The molecule has 136 valence electrons. The molecule has 3 rings (SSSR count). The molecule has 27 heavy (non-hydrogen) atoms. The van der Waals surface area contributed by atoms with E-state index in [1.54, 1.807) is 54.6 Å². The van der Waals surface area contributed by atoms with Crippen molar-refractivity contribution in [3.8, 4) is 0 Å². The summed E-state index contributed by atoms with van der Waals surface area (Å²) < 4.78 is 19.1. The molecule has 0 atom stereocenters. The van der Waals surface area contributed by atoms with Gasteiger partial charge in [-0.05, 0) is 36.4 Å². The summed E-state index contributed by atoms with van der Waals surface area (Å²) in [6.45, 7) is 0.141. The fraction of sp³-hybridized carbons (Fsp3) is 0.0476. The average molecular weight is 364 g/mol. The van der Waals surface area contributed by atoms with Crippen molar-refractivity contribution in [3.63, 3.8) is 0 Å². The number of carbonyl (C=O) groups excluding carboxylic acids is 2. The van der Waals surface area contributed by atoms with Gasteiger partial charge < -0.3 is 15.1 Å². The highest BCUT2D eigenvalue weighted by molar-refractivity contribution is 6.05. The van der Waals surface area contributed by atoms with Gasteiger partial charge in [0.15, 0.2) is 0 Å². The van der Waals surface area contributed by atoms with Crippen molar-refractivity contribution in [2.75, 3.05) is 0 Å². The molecule has 5 nitrogen and oxygen atoms in total. The Balaban J connectivity index is 1.83. The highest BCUT2D eigenvalue weighted by atomic mass is 19.1. The lowest BCUT2D eigenvalue weighted by molar-refractivity contribution is -0.118. The predicted octanol–water partition coefficient (Wildman–Crippen LogP) is 3.51. The van der Waals surface area contributed by atoms with Crippen molar-refractivity contribution in [2.24, 2.45) is 0 Å². The Morgan fingerprint density at radius 1 is 0.963 bits per heavy atom. The zero-order valence-electron chi connectivity index (χ0n) is 14.3. The second kappa shape index (κ2) is 8.62. The second-order valence-corrected chi connectivity index (χ2v) is 5.66. The van der Waals surface area contributed by atoms with E-state index in [2.05, 4.69) is 10.6 Å². The van der Waals surface area contributed by atoms with E-state index in [-0.39, 0.29) is 17.8 Å².